The van der Waals surface area contributed by atoms with Crippen molar-refractivity contribution in [3.8, 4) is 0 Å². The third-order valence-electron chi connectivity index (χ3n) is 2.30. The van der Waals surface area contributed by atoms with E-state index in [0.29, 0.717) is 5.92 Å². The van der Waals surface area contributed by atoms with Gasteiger partial charge in [-0.25, -0.2) is 0 Å². The lowest BCUT2D eigenvalue weighted by atomic mass is 9.96. The number of rotatable bonds is 4. The second-order valence-electron chi connectivity index (χ2n) is 3.64. The molecule has 0 saturated carbocycles. The fourth-order valence-corrected chi connectivity index (χ4v) is 4.16. The quantitative estimate of drug-likeness (QED) is 0.484. The molecular formula is C8H18Cl2Si. The fraction of sp³-hybridized carbons (Fsp3) is 1.00. The van der Waals surface area contributed by atoms with Crippen LogP contribution in [0.5, 0.6) is 0 Å². The predicted octanol–water partition coefficient (Wildman–Crippen LogP) is 4.22. The summed E-state index contributed by atoms with van der Waals surface area (Å²) >= 11 is 12.1. The van der Waals surface area contributed by atoms with E-state index in [1.54, 1.807) is 0 Å². The van der Waals surface area contributed by atoms with Gasteiger partial charge in [0, 0.05) is 0 Å². The summed E-state index contributed by atoms with van der Waals surface area (Å²) in [6.45, 7) is 6.85. The lowest BCUT2D eigenvalue weighted by Crippen LogP contribution is -2.20. The van der Waals surface area contributed by atoms with Crippen LogP contribution in [0.25, 0.3) is 0 Å². The standard InChI is InChI=1S/C8H18Cl2Si/c1-5-7(2)8(3)6-11(4,9)10/h7-8H,5-6H2,1-4H3. The largest absolute Gasteiger partial charge is 0.248 e. The zero-order valence-corrected chi connectivity index (χ0v) is 10.3. The van der Waals surface area contributed by atoms with Crippen LogP contribution >= 0.6 is 22.2 Å². The lowest BCUT2D eigenvalue weighted by Gasteiger charge is -2.21. The van der Waals surface area contributed by atoms with E-state index in [2.05, 4.69) is 20.8 Å². The average Bonchev–Trinajstić information content (AvgIpc) is 1.82. The first-order valence-electron chi connectivity index (χ1n) is 4.24. The molecule has 0 aliphatic carbocycles. The molecule has 0 N–H and O–H groups in total. The Morgan fingerprint density at radius 2 is 1.64 bits per heavy atom. The summed E-state index contributed by atoms with van der Waals surface area (Å²) in [5.41, 5.74) is 0. The van der Waals surface area contributed by atoms with Crippen LogP contribution in [0.4, 0.5) is 0 Å². The molecule has 0 rings (SSSR count). The van der Waals surface area contributed by atoms with Crippen molar-refractivity contribution in [3.63, 3.8) is 0 Å². The van der Waals surface area contributed by atoms with Crippen LogP contribution in [0, 0.1) is 11.8 Å². The molecule has 11 heavy (non-hydrogen) atoms. The average molecular weight is 213 g/mol. The summed E-state index contributed by atoms with van der Waals surface area (Å²) in [6.07, 6.45) is 1.22. The summed E-state index contributed by atoms with van der Waals surface area (Å²) in [5.74, 6) is 1.42. The van der Waals surface area contributed by atoms with Gasteiger partial charge in [0.25, 0.3) is 0 Å². The van der Waals surface area contributed by atoms with E-state index in [4.69, 9.17) is 22.2 Å². The zero-order valence-electron chi connectivity index (χ0n) is 7.82. The Balaban J connectivity index is 3.77. The van der Waals surface area contributed by atoms with Gasteiger partial charge in [0.1, 0.15) is 0 Å². The summed E-state index contributed by atoms with van der Waals surface area (Å²) in [5, 5.41) is 0. The Hall–Kier alpha value is 0.797. The molecule has 0 spiro atoms. The Bertz CT molecular complexity index is 109. The van der Waals surface area contributed by atoms with Crippen LogP contribution in [-0.2, 0) is 0 Å². The van der Waals surface area contributed by atoms with Crippen LogP contribution in [-0.4, -0.2) is 6.69 Å². The molecule has 0 amide bonds. The molecule has 3 heteroatoms. The van der Waals surface area contributed by atoms with Crippen LogP contribution in [0.2, 0.25) is 12.6 Å². The fourth-order valence-electron chi connectivity index (χ4n) is 1.17. The third-order valence-corrected chi connectivity index (χ3v) is 4.58. The molecule has 2 unspecified atom stereocenters. The highest BCUT2D eigenvalue weighted by Crippen LogP contribution is 2.29. The van der Waals surface area contributed by atoms with Crippen molar-refractivity contribution in [2.75, 3.05) is 0 Å². The minimum atomic E-state index is -1.85. The van der Waals surface area contributed by atoms with Gasteiger partial charge in [0.05, 0.1) is 0 Å². The maximum Gasteiger partial charge on any atom is 0.248 e. The topological polar surface area (TPSA) is 0 Å². The molecule has 0 radical (unpaired) electrons. The first kappa shape index (κ1) is 11.8. The zero-order chi connectivity index (χ0) is 9.07. The van der Waals surface area contributed by atoms with Gasteiger partial charge in [-0.15, -0.1) is 22.2 Å². The van der Waals surface area contributed by atoms with Crippen molar-refractivity contribution in [2.24, 2.45) is 11.8 Å². The molecule has 0 saturated heterocycles. The Kier molecular flexibility index (Phi) is 5.08. The molecule has 68 valence electrons. The van der Waals surface area contributed by atoms with Crippen LogP contribution in [0.15, 0.2) is 0 Å². The molecular weight excluding hydrogens is 195 g/mol. The highest BCUT2D eigenvalue weighted by molar-refractivity contribution is 7.44. The highest BCUT2D eigenvalue weighted by Gasteiger charge is 2.25. The summed E-state index contributed by atoms with van der Waals surface area (Å²) in [4.78, 5) is 0. The molecule has 0 fully saturated rings. The number of hydrogen-bond donors (Lipinski definition) is 0. The van der Waals surface area contributed by atoms with Crippen molar-refractivity contribution in [1.29, 1.82) is 0 Å². The minimum Gasteiger partial charge on any atom is -0.146 e. The second-order valence-corrected chi connectivity index (χ2v) is 11.8. The van der Waals surface area contributed by atoms with Crippen molar-refractivity contribution < 1.29 is 0 Å². The molecule has 0 aromatic heterocycles. The normalized spacial score (nSPS) is 18.0. The van der Waals surface area contributed by atoms with Gasteiger partial charge in [0.2, 0.25) is 6.69 Å². The molecule has 0 heterocycles. The van der Waals surface area contributed by atoms with E-state index < -0.39 is 6.69 Å². The van der Waals surface area contributed by atoms with E-state index in [1.807, 2.05) is 6.55 Å². The molecule has 0 bridgehead atoms. The SMILES string of the molecule is CCC(C)C(C)C[Si](C)(Cl)Cl. The maximum atomic E-state index is 6.03. The number of hydrogen-bond acceptors (Lipinski definition) is 0. The first-order chi connectivity index (χ1) is 4.87. The minimum absolute atomic E-state index is 0.673. The maximum absolute atomic E-state index is 6.03. The summed E-state index contributed by atoms with van der Waals surface area (Å²) in [6, 6.07) is 1.02. The van der Waals surface area contributed by atoms with Gasteiger partial charge >= 0.3 is 0 Å². The van der Waals surface area contributed by atoms with Crippen molar-refractivity contribution >= 4 is 28.9 Å². The molecule has 0 aromatic carbocycles. The van der Waals surface area contributed by atoms with Gasteiger partial charge in [-0.3, -0.25) is 0 Å². The van der Waals surface area contributed by atoms with E-state index in [-0.39, 0.29) is 0 Å². The Morgan fingerprint density at radius 3 is 1.91 bits per heavy atom. The van der Waals surface area contributed by atoms with Gasteiger partial charge in [0.15, 0.2) is 0 Å². The lowest BCUT2D eigenvalue weighted by molar-refractivity contribution is 0.405. The molecule has 0 aliphatic heterocycles. The van der Waals surface area contributed by atoms with E-state index in [9.17, 15) is 0 Å². The molecule has 0 aromatic rings. The van der Waals surface area contributed by atoms with Crippen molar-refractivity contribution in [2.45, 2.75) is 39.8 Å². The first-order valence-corrected chi connectivity index (χ1v) is 8.97. The predicted molar refractivity (Wildman–Crippen MR) is 56.8 cm³/mol. The second kappa shape index (κ2) is 4.73. The van der Waals surface area contributed by atoms with E-state index in [0.717, 1.165) is 12.0 Å². The van der Waals surface area contributed by atoms with E-state index in [1.165, 1.54) is 6.42 Å². The van der Waals surface area contributed by atoms with Crippen LogP contribution < -0.4 is 0 Å². The highest BCUT2D eigenvalue weighted by atomic mass is 35.7. The number of halogens is 2. The van der Waals surface area contributed by atoms with Gasteiger partial charge in [-0.2, -0.15) is 0 Å². The third kappa shape index (κ3) is 6.00. The Morgan fingerprint density at radius 1 is 1.18 bits per heavy atom. The van der Waals surface area contributed by atoms with Crippen molar-refractivity contribution in [1.82, 2.24) is 0 Å². The Labute approximate surface area is 80.7 Å². The summed E-state index contributed by atoms with van der Waals surface area (Å²) in [7, 11) is 0. The smallest absolute Gasteiger partial charge is 0.146 e. The van der Waals surface area contributed by atoms with Crippen LogP contribution in [0.3, 0.4) is 0 Å². The van der Waals surface area contributed by atoms with Gasteiger partial charge in [-0.1, -0.05) is 27.2 Å². The van der Waals surface area contributed by atoms with Gasteiger partial charge < -0.3 is 0 Å². The van der Waals surface area contributed by atoms with E-state index >= 15 is 0 Å². The monoisotopic (exact) mass is 212 g/mol. The summed E-state index contributed by atoms with van der Waals surface area (Å²) < 4.78 is 0. The van der Waals surface area contributed by atoms with Crippen LogP contribution in [0.1, 0.15) is 27.2 Å². The van der Waals surface area contributed by atoms with Crippen molar-refractivity contribution in [3.05, 3.63) is 0 Å². The molecule has 0 aliphatic rings. The molecule has 2 atom stereocenters. The molecule has 0 nitrogen and oxygen atoms in total. The van der Waals surface area contributed by atoms with Gasteiger partial charge in [-0.05, 0) is 24.4 Å².